The van der Waals surface area contributed by atoms with Crippen LogP contribution in [-0.2, 0) is 13.0 Å². The molecule has 0 saturated carbocycles. The van der Waals surface area contributed by atoms with Crippen molar-refractivity contribution in [3.63, 3.8) is 0 Å². The molecule has 0 fully saturated rings. The zero-order valence-corrected chi connectivity index (χ0v) is 22.3. The lowest BCUT2D eigenvalue weighted by Gasteiger charge is -2.35. The second-order valence-corrected chi connectivity index (χ2v) is 10.1. The molecule has 6 rings (SSSR count). The van der Waals surface area contributed by atoms with Crippen molar-refractivity contribution >= 4 is 28.6 Å². The van der Waals surface area contributed by atoms with E-state index in [2.05, 4.69) is 40.3 Å². The van der Waals surface area contributed by atoms with E-state index in [0.29, 0.717) is 30.5 Å². The molecule has 1 N–H and O–H groups in total. The van der Waals surface area contributed by atoms with E-state index < -0.39 is 6.09 Å². The summed E-state index contributed by atoms with van der Waals surface area (Å²) in [6, 6.07) is 20.8. The highest BCUT2D eigenvalue weighted by atomic mass is 35.5. The summed E-state index contributed by atoms with van der Waals surface area (Å²) >= 11 is 6.01. The molecule has 3 heterocycles. The lowest BCUT2D eigenvalue weighted by molar-refractivity contribution is 0.135. The number of carbonyl (C=O) groups excluding carboxylic acids is 1. The van der Waals surface area contributed by atoms with Gasteiger partial charge in [0.1, 0.15) is 17.5 Å². The largest absolute Gasteiger partial charge is 0.494 e. The molecule has 0 saturated heterocycles. The number of rotatable bonds is 7. The van der Waals surface area contributed by atoms with Gasteiger partial charge in [0, 0.05) is 34.6 Å². The quantitative estimate of drug-likeness (QED) is 0.243. The van der Waals surface area contributed by atoms with Gasteiger partial charge >= 0.3 is 6.09 Å². The number of aryl methyl sites for hydroxylation is 2. The average Bonchev–Trinajstić information content (AvgIpc) is 3.60. The molecule has 1 aliphatic rings. The Bertz CT molecular complexity index is 1580. The van der Waals surface area contributed by atoms with Crippen LogP contribution in [-0.4, -0.2) is 44.1 Å². The van der Waals surface area contributed by atoms with Crippen LogP contribution < -0.4 is 9.47 Å². The Morgan fingerprint density at radius 3 is 2.54 bits per heavy atom. The fraction of sp³-hybridized carbons (Fsp3) is 0.233. The highest BCUT2D eigenvalue weighted by Crippen LogP contribution is 2.39. The second kappa shape index (κ2) is 10.8. The maximum atomic E-state index is 13.5. The topological polar surface area (TPSA) is 85.3 Å². The van der Waals surface area contributed by atoms with Crippen molar-refractivity contribution in [2.75, 3.05) is 13.2 Å². The highest BCUT2D eigenvalue weighted by molar-refractivity contribution is 6.30. The third-order valence-corrected chi connectivity index (χ3v) is 7.22. The number of ether oxygens (including phenoxy) is 2. The van der Waals surface area contributed by atoms with Crippen molar-refractivity contribution in [1.82, 2.24) is 24.9 Å². The molecule has 3 aromatic carbocycles. The molecular weight excluding hydrogens is 514 g/mol. The fourth-order valence-corrected chi connectivity index (χ4v) is 5.23. The van der Waals surface area contributed by atoms with Gasteiger partial charge < -0.3 is 14.5 Å². The molecule has 8 nitrogen and oxygen atoms in total. The lowest BCUT2D eigenvalue weighted by atomic mass is 9.92. The first-order valence-electron chi connectivity index (χ1n) is 13.0. The summed E-state index contributed by atoms with van der Waals surface area (Å²) < 4.78 is 11.7. The van der Waals surface area contributed by atoms with Crippen LogP contribution >= 0.6 is 11.6 Å². The Balaban J connectivity index is 1.26. The van der Waals surface area contributed by atoms with Gasteiger partial charge in [0.05, 0.1) is 25.5 Å². The first-order valence-corrected chi connectivity index (χ1v) is 13.3. The van der Waals surface area contributed by atoms with Crippen LogP contribution in [0.1, 0.15) is 34.8 Å². The Hall–Kier alpha value is -4.30. The number of nitrogens with one attached hydrogen (secondary N) is 1. The van der Waals surface area contributed by atoms with Crippen LogP contribution in [0, 0.1) is 6.92 Å². The molecule has 0 bridgehead atoms. The van der Waals surface area contributed by atoms with Gasteiger partial charge in [-0.3, -0.25) is 4.90 Å². The van der Waals surface area contributed by atoms with E-state index >= 15 is 0 Å². The van der Waals surface area contributed by atoms with E-state index in [4.69, 9.17) is 21.1 Å². The predicted molar refractivity (Wildman–Crippen MR) is 149 cm³/mol. The summed E-state index contributed by atoms with van der Waals surface area (Å²) in [5, 5.41) is 10.0. The second-order valence-electron chi connectivity index (χ2n) is 9.63. The Labute approximate surface area is 231 Å². The van der Waals surface area contributed by atoms with Gasteiger partial charge in [0.2, 0.25) is 0 Å². The van der Waals surface area contributed by atoms with Crippen molar-refractivity contribution < 1.29 is 14.3 Å². The van der Waals surface area contributed by atoms with Crippen molar-refractivity contribution in [3.05, 3.63) is 107 Å². The smallest absolute Gasteiger partial charge is 0.416 e. The minimum Gasteiger partial charge on any atom is -0.494 e. The Morgan fingerprint density at radius 1 is 1.03 bits per heavy atom. The van der Waals surface area contributed by atoms with E-state index in [1.807, 2.05) is 24.3 Å². The fourth-order valence-electron chi connectivity index (χ4n) is 5.11. The number of amides is 1. The van der Waals surface area contributed by atoms with Crippen LogP contribution in [0.5, 0.6) is 11.5 Å². The normalized spacial score (nSPS) is 14.8. The van der Waals surface area contributed by atoms with Gasteiger partial charge in [-0.1, -0.05) is 35.4 Å². The molecule has 0 radical (unpaired) electrons. The molecule has 5 aromatic rings. The first kappa shape index (κ1) is 25.0. The molecule has 39 heavy (non-hydrogen) atoms. The minimum absolute atomic E-state index is 0.332. The summed E-state index contributed by atoms with van der Waals surface area (Å²) in [5.74, 6) is 1.22. The van der Waals surface area contributed by atoms with Crippen molar-refractivity contribution in [2.24, 2.45) is 0 Å². The summed E-state index contributed by atoms with van der Waals surface area (Å²) in [6.45, 7) is 3.87. The van der Waals surface area contributed by atoms with Gasteiger partial charge in [-0.2, -0.15) is 15.0 Å². The maximum absolute atomic E-state index is 13.5. The molecular formula is C30H28ClN5O3. The van der Waals surface area contributed by atoms with E-state index in [9.17, 15) is 4.79 Å². The molecule has 9 heteroatoms. The summed E-state index contributed by atoms with van der Waals surface area (Å²) in [5.41, 5.74) is 5.49. The van der Waals surface area contributed by atoms with Gasteiger partial charge in [-0.25, -0.2) is 4.79 Å². The number of H-pyrrole nitrogens is 1. The first-order chi connectivity index (χ1) is 19.0. The average molecular weight is 542 g/mol. The van der Waals surface area contributed by atoms with E-state index in [-0.39, 0.29) is 6.04 Å². The molecule has 1 atom stereocenters. The van der Waals surface area contributed by atoms with Crippen molar-refractivity contribution in [3.8, 4) is 11.5 Å². The van der Waals surface area contributed by atoms with E-state index in [0.717, 1.165) is 35.4 Å². The number of nitrogens with zero attached hydrogens (tertiary/aromatic N) is 4. The van der Waals surface area contributed by atoms with E-state index in [1.54, 1.807) is 46.4 Å². The summed E-state index contributed by atoms with van der Waals surface area (Å²) in [6.07, 6.45) is 4.45. The van der Waals surface area contributed by atoms with Crippen LogP contribution in [0.4, 0.5) is 4.79 Å². The number of fused-ring (bicyclic) bond motifs is 3. The maximum Gasteiger partial charge on any atom is 0.416 e. The number of hydrogen-bond acceptors (Lipinski definition) is 5. The molecule has 1 amide bonds. The molecule has 0 spiro atoms. The summed E-state index contributed by atoms with van der Waals surface area (Å²) in [4.78, 5) is 20.5. The van der Waals surface area contributed by atoms with Gasteiger partial charge in [0.15, 0.2) is 0 Å². The van der Waals surface area contributed by atoms with Crippen molar-refractivity contribution in [1.29, 1.82) is 0 Å². The van der Waals surface area contributed by atoms with Gasteiger partial charge in [-0.15, -0.1) is 0 Å². The number of halogens is 1. The SMILES string of the molecule is Cc1ccc2[nH]c3c(c2c1)CCN(C(=O)Oc1ccc(Cl)cc1)C3c1ccc(OCCCn2nccn2)cc1. The van der Waals surface area contributed by atoms with Crippen molar-refractivity contribution in [2.45, 2.75) is 32.4 Å². The number of hydrogen-bond donors (Lipinski definition) is 1. The number of aromatic nitrogens is 4. The molecule has 1 unspecified atom stereocenters. The standard InChI is InChI=1S/C30H28ClN5O3/c1-20-3-12-27-26(19-20)25-13-17-35(30(37)39-24-10-6-22(31)7-11-24)29(28(25)34-27)21-4-8-23(9-5-21)38-18-2-16-36-32-14-15-33-36/h3-12,14-15,19,29,34H,2,13,16-18H2,1H3. The summed E-state index contributed by atoms with van der Waals surface area (Å²) in [7, 11) is 0. The minimum atomic E-state index is -0.407. The molecule has 1 aliphatic heterocycles. The molecule has 0 aliphatic carbocycles. The van der Waals surface area contributed by atoms with Gasteiger partial charge in [0.25, 0.3) is 0 Å². The predicted octanol–water partition coefficient (Wildman–Crippen LogP) is 6.34. The van der Waals surface area contributed by atoms with Crippen LogP contribution in [0.3, 0.4) is 0 Å². The van der Waals surface area contributed by atoms with Gasteiger partial charge in [-0.05, 0) is 73.0 Å². The monoisotopic (exact) mass is 541 g/mol. The molecule has 198 valence electrons. The zero-order valence-electron chi connectivity index (χ0n) is 21.5. The third kappa shape index (κ3) is 5.33. The molecule has 2 aromatic heterocycles. The van der Waals surface area contributed by atoms with Crippen LogP contribution in [0.15, 0.2) is 79.1 Å². The number of carbonyl (C=O) groups is 1. The third-order valence-electron chi connectivity index (χ3n) is 6.97. The Kier molecular flexibility index (Phi) is 6.94. The number of aromatic amines is 1. The lowest BCUT2D eigenvalue weighted by Crippen LogP contribution is -2.42. The van der Waals surface area contributed by atoms with Crippen LogP contribution in [0.25, 0.3) is 10.9 Å². The van der Waals surface area contributed by atoms with E-state index in [1.165, 1.54) is 16.5 Å². The number of benzene rings is 3. The zero-order chi connectivity index (χ0) is 26.8. The Morgan fingerprint density at radius 2 is 1.77 bits per heavy atom. The highest BCUT2D eigenvalue weighted by Gasteiger charge is 2.35. The van der Waals surface area contributed by atoms with Crippen LogP contribution in [0.2, 0.25) is 5.02 Å².